The molecule has 0 saturated carbocycles. The molecule has 0 bridgehead atoms. The van der Waals surface area contributed by atoms with Crippen molar-refractivity contribution in [1.82, 2.24) is 25.0 Å². The van der Waals surface area contributed by atoms with Crippen molar-refractivity contribution < 1.29 is 4.74 Å². The van der Waals surface area contributed by atoms with Gasteiger partial charge in [0.25, 0.3) is 0 Å². The van der Waals surface area contributed by atoms with E-state index in [2.05, 4.69) is 20.3 Å². The van der Waals surface area contributed by atoms with Crippen molar-refractivity contribution in [2.75, 3.05) is 45.9 Å². The van der Waals surface area contributed by atoms with Gasteiger partial charge in [-0.1, -0.05) is 0 Å². The zero-order valence-electron chi connectivity index (χ0n) is 10.2. The number of nitrogens with one attached hydrogen (secondary N) is 1. The molecule has 0 spiro atoms. The molecule has 1 aromatic heterocycles. The van der Waals surface area contributed by atoms with Gasteiger partial charge in [-0.05, 0) is 19.5 Å². The van der Waals surface area contributed by atoms with Gasteiger partial charge in [0.2, 0.25) is 0 Å². The van der Waals surface area contributed by atoms with Crippen LogP contribution in [0.15, 0.2) is 12.7 Å². The first-order valence-corrected chi connectivity index (χ1v) is 6.28. The van der Waals surface area contributed by atoms with Gasteiger partial charge < -0.3 is 10.1 Å². The molecule has 1 N–H and O–H groups in total. The van der Waals surface area contributed by atoms with E-state index in [1.54, 1.807) is 12.7 Å². The lowest BCUT2D eigenvalue weighted by atomic mass is 10.3. The summed E-state index contributed by atoms with van der Waals surface area (Å²) in [5, 5.41) is 7.47. The molecule has 1 aliphatic heterocycles. The maximum absolute atomic E-state index is 5.31. The van der Waals surface area contributed by atoms with Crippen LogP contribution in [-0.2, 0) is 11.3 Å². The molecular formula is C11H21N5O. The summed E-state index contributed by atoms with van der Waals surface area (Å²) in [6.07, 6.45) is 4.51. The van der Waals surface area contributed by atoms with E-state index in [0.717, 1.165) is 45.9 Å². The van der Waals surface area contributed by atoms with Crippen LogP contribution in [0, 0.1) is 0 Å². The lowest BCUT2D eigenvalue weighted by Gasteiger charge is -2.26. The van der Waals surface area contributed by atoms with Crippen LogP contribution in [0.2, 0.25) is 0 Å². The van der Waals surface area contributed by atoms with E-state index in [4.69, 9.17) is 4.74 Å². The SMILES string of the molecule is c1ncn(CCNCCCN2CCOCC2)n1. The Labute approximate surface area is 102 Å². The Morgan fingerprint density at radius 2 is 2.06 bits per heavy atom. The lowest BCUT2D eigenvalue weighted by molar-refractivity contribution is 0.0374. The highest BCUT2D eigenvalue weighted by Gasteiger charge is 2.08. The molecule has 0 aliphatic carbocycles. The van der Waals surface area contributed by atoms with E-state index >= 15 is 0 Å². The number of hydrogen-bond donors (Lipinski definition) is 1. The van der Waals surface area contributed by atoms with Crippen molar-refractivity contribution in [2.24, 2.45) is 0 Å². The summed E-state index contributed by atoms with van der Waals surface area (Å²) in [5.74, 6) is 0. The van der Waals surface area contributed by atoms with E-state index in [-0.39, 0.29) is 0 Å². The lowest BCUT2D eigenvalue weighted by Crippen LogP contribution is -2.37. The van der Waals surface area contributed by atoms with Crippen molar-refractivity contribution in [3.63, 3.8) is 0 Å². The molecule has 6 heteroatoms. The standard InChI is InChI=1S/C11H21N5O/c1(4-15-6-8-17-9-7-15)2-12-3-5-16-11-13-10-14-16/h10-12H,1-9H2. The van der Waals surface area contributed by atoms with Gasteiger partial charge in [-0.2, -0.15) is 5.10 Å². The predicted octanol–water partition coefficient (Wildman–Crippen LogP) is -0.410. The fourth-order valence-electron chi connectivity index (χ4n) is 1.92. The molecule has 0 amide bonds. The van der Waals surface area contributed by atoms with Crippen molar-refractivity contribution in [3.05, 3.63) is 12.7 Å². The first-order chi connectivity index (χ1) is 8.45. The highest BCUT2D eigenvalue weighted by molar-refractivity contribution is 4.63. The molecule has 0 unspecified atom stereocenters. The monoisotopic (exact) mass is 239 g/mol. The highest BCUT2D eigenvalue weighted by atomic mass is 16.5. The van der Waals surface area contributed by atoms with Crippen LogP contribution in [-0.4, -0.2) is 65.6 Å². The number of aromatic nitrogens is 3. The molecule has 0 aromatic carbocycles. The van der Waals surface area contributed by atoms with E-state index in [1.807, 2.05) is 4.68 Å². The summed E-state index contributed by atoms with van der Waals surface area (Å²) in [7, 11) is 0. The summed E-state index contributed by atoms with van der Waals surface area (Å²) >= 11 is 0. The van der Waals surface area contributed by atoms with Crippen LogP contribution in [0.3, 0.4) is 0 Å². The second-order valence-corrected chi connectivity index (χ2v) is 4.22. The quantitative estimate of drug-likeness (QED) is 0.656. The van der Waals surface area contributed by atoms with Gasteiger partial charge in [0.15, 0.2) is 0 Å². The average Bonchev–Trinajstić information content (AvgIpc) is 2.88. The highest BCUT2D eigenvalue weighted by Crippen LogP contribution is 1.97. The van der Waals surface area contributed by atoms with Gasteiger partial charge in [-0.15, -0.1) is 0 Å². The molecule has 6 nitrogen and oxygen atoms in total. The number of hydrogen-bond acceptors (Lipinski definition) is 5. The van der Waals surface area contributed by atoms with Gasteiger partial charge in [-0.3, -0.25) is 9.58 Å². The fourth-order valence-corrected chi connectivity index (χ4v) is 1.92. The second kappa shape index (κ2) is 7.37. The summed E-state index contributed by atoms with van der Waals surface area (Å²) in [6, 6.07) is 0. The minimum absolute atomic E-state index is 0.886. The molecule has 1 aliphatic rings. The van der Waals surface area contributed by atoms with Crippen LogP contribution in [0.5, 0.6) is 0 Å². The summed E-state index contributed by atoms with van der Waals surface area (Å²) < 4.78 is 7.16. The zero-order valence-corrected chi connectivity index (χ0v) is 10.2. The number of ether oxygens (including phenoxy) is 1. The molecule has 17 heavy (non-hydrogen) atoms. The van der Waals surface area contributed by atoms with Crippen molar-refractivity contribution in [3.8, 4) is 0 Å². The topological polar surface area (TPSA) is 55.2 Å². The maximum atomic E-state index is 5.31. The molecule has 2 heterocycles. The van der Waals surface area contributed by atoms with Crippen molar-refractivity contribution in [1.29, 1.82) is 0 Å². The second-order valence-electron chi connectivity index (χ2n) is 4.22. The first-order valence-electron chi connectivity index (χ1n) is 6.28. The molecule has 0 atom stereocenters. The molecule has 1 fully saturated rings. The van der Waals surface area contributed by atoms with Gasteiger partial charge in [0, 0.05) is 19.6 Å². The summed E-state index contributed by atoms with van der Waals surface area (Å²) in [4.78, 5) is 6.36. The normalized spacial score (nSPS) is 17.4. The minimum atomic E-state index is 0.886. The van der Waals surface area contributed by atoms with E-state index < -0.39 is 0 Å². The predicted molar refractivity (Wildman–Crippen MR) is 64.8 cm³/mol. The molecule has 96 valence electrons. The molecule has 1 aromatic rings. The number of rotatable bonds is 7. The van der Waals surface area contributed by atoms with E-state index in [9.17, 15) is 0 Å². The molecule has 0 radical (unpaired) electrons. The van der Waals surface area contributed by atoms with Gasteiger partial charge in [0.05, 0.1) is 19.8 Å². The zero-order chi connectivity index (χ0) is 11.8. The molecular weight excluding hydrogens is 218 g/mol. The van der Waals surface area contributed by atoms with Gasteiger partial charge in [0.1, 0.15) is 12.7 Å². The number of nitrogens with zero attached hydrogens (tertiary/aromatic N) is 4. The Balaban J connectivity index is 1.43. The van der Waals surface area contributed by atoms with Crippen LogP contribution < -0.4 is 5.32 Å². The number of morpholine rings is 1. The Bertz CT molecular complexity index is 284. The maximum Gasteiger partial charge on any atom is 0.137 e. The molecule has 2 rings (SSSR count). The van der Waals surface area contributed by atoms with Crippen molar-refractivity contribution >= 4 is 0 Å². The Kier molecular flexibility index (Phi) is 5.41. The molecule has 1 saturated heterocycles. The van der Waals surface area contributed by atoms with Gasteiger partial charge in [-0.25, -0.2) is 4.98 Å². The van der Waals surface area contributed by atoms with E-state index in [0.29, 0.717) is 0 Å². The fraction of sp³-hybridized carbons (Fsp3) is 0.818. The summed E-state index contributed by atoms with van der Waals surface area (Å²) in [5.41, 5.74) is 0. The third-order valence-corrected chi connectivity index (χ3v) is 2.92. The average molecular weight is 239 g/mol. The minimum Gasteiger partial charge on any atom is -0.379 e. The largest absolute Gasteiger partial charge is 0.379 e. The van der Waals surface area contributed by atoms with Crippen molar-refractivity contribution in [2.45, 2.75) is 13.0 Å². The van der Waals surface area contributed by atoms with Crippen LogP contribution >= 0.6 is 0 Å². The third-order valence-electron chi connectivity index (χ3n) is 2.92. The Morgan fingerprint density at radius 3 is 2.82 bits per heavy atom. The Morgan fingerprint density at radius 1 is 1.18 bits per heavy atom. The smallest absolute Gasteiger partial charge is 0.137 e. The van der Waals surface area contributed by atoms with Crippen LogP contribution in [0.4, 0.5) is 0 Å². The first kappa shape index (κ1) is 12.5. The summed E-state index contributed by atoms with van der Waals surface area (Å²) in [6.45, 7) is 8.01. The van der Waals surface area contributed by atoms with E-state index in [1.165, 1.54) is 13.0 Å². The van der Waals surface area contributed by atoms with Crippen LogP contribution in [0.1, 0.15) is 6.42 Å². The van der Waals surface area contributed by atoms with Gasteiger partial charge >= 0.3 is 0 Å². The Hall–Kier alpha value is -0.980. The van der Waals surface area contributed by atoms with Crippen LogP contribution in [0.25, 0.3) is 0 Å². The third kappa shape index (κ3) is 4.80.